The van der Waals surface area contributed by atoms with Gasteiger partial charge in [-0.2, -0.15) is 0 Å². The number of hydrogen-bond donors (Lipinski definition) is 1. The van der Waals surface area contributed by atoms with Crippen LogP contribution in [0.2, 0.25) is 5.02 Å². The van der Waals surface area contributed by atoms with E-state index in [-0.39, 0.29) is 0 Å². The Bertz CT molecular complexity index is 392. The molecule has 3 rings (SSSR count). The Labute approximate surface area is 108 Å². The van der Waals surface area contributed by atoms with Crippen LogP contribution < -0.4 is 5.73 Å². The SMILES string of the molecule is NC(Cc1cccc(Cl)c1)C1C2CCCCC21. The average molecular weight is 250 g/mol. The van der Waals surface area contributed by atoms with Crippen molar-refractivity contribution in [3.05, 3.63) is 34.9 Å². The summed E-state index contributed by atoms with van der Waals surface area (Å²) in [6, 6.07) is 8.46. The molecule has 0 amide bonds. The van der Waals surface area contributed by atoms with Gasteiger partial charge in [0.05, 0.1) is 0 Å². The van der Waals surface area contributed by atoms with E-state index in [2.05, 4.69) is 6.07 Å². The van der Waals surface area contributed by atoms with Gasteiger partial charge in [0, 0.05) is 11.1 Å². The molecule has 3 unspecified atom stereocenters. The van der Waals surface area contributed by atoms with Crippen molar-refractivity contribution in [1.29, 1.82) is 0 Å². The number of fused-ring (bicyclic) bond motifs is 1. The van der Waals surface area contributed by atoms with Gasteiger partial charge in [0.2, 0.25) is 0 Å². The predicted molar refractivity (Wildman–Crippen MR) is 72.1 cm³/mol. The van der Waals surface area contributed by atoms with Crippen LogP contribution in [0, 0.1) is 17.8 Å². The molecule has 0 spiro atoms. The van der Waals surface area contributed by atoms with Crippen LogP contribution in [-0.2, 0) is 6.42 Å². The molecule has 2 N–H and O–H groups in total. The maximum atomic E-state index is 6.38. The molecule has 0 radical (unpaired) electrons. The molecular formula is C15H20ClN. The topological polar surface area (TPSA) is 26.0 Å². The third-order valence-corrected chi connectivity index (χ3v) is 4.81. The van der Waals surface area contributed by atoms with Crippen molar-refractivity contribution in [2.24, 2.45) is 23.5 Å². The van der Waals surface area contributed by atoms with E-state index in [4.69, 9.17) is 17.3 Å². The minimum atomic E-state index is 0.335. The highest BCUT2D eigenvalue weighted by Crippen LogP contribution is 2.56. The molecule has 1 aromatic carbocycles. The van der Waals surface area contributed by atoms with Crippen LogP contribution in [0.15, 0.2) is 24.3 Å². The molecule has 92 valence electrons. The molecule has 2 aliphatic carbocycles. The Balaban J connectivity index is 1.62. The van der Waals surface area contributed by atoms with Crippen LogP contribution in [0.4, 0.5) is 0 Å². The van der Waals surface area contributed by atoms with Gasteiger partial charge in [-0.15, -0.1) is 0 Å². The van der Waals surface area contributed by atoms with Gasteiger partial charge < -0.3 is 5.73 Å². The highest BCUT2D eigenvalue weighted by atomic mass is 35.5. The molecule has 1 aromatic rings. The Morgan fingerprint density at radius 1 is 1.24 bits per heavy atom. The normalized spacial score (nSPS) is 32.9. The highest BCUT2D eigenvalue weighted by Gasteiger charge is 2.52. The van der Waals surface area contributed by atoms with Gasteiger partial charge in [-0.1, -0.05) is 36.6 Å². The van der Waals surface area contributed by atoms with E-state index in [1.54, 1.807) is 0 Å². The maximum absolute atomic E-state index is 6.38. The van der Waals surface area contributed by atoms with Gasteiger partial charge in [0.1, 0.15) is 0 Å². The number of nitrogens with two attached hydrogens (primary N) is 1. The van der Waals surface area contributed by atoms with Gasteiger partial charge >= 0.3 is 0 Å². The Hall–Kier alpha value is -0.530. The van der Waals surface area contributed by atoms with E-state index in [0.717, 1.165) is 29.2 Å². The lowest BCUT2D eigenvalue weighted by atomic mass is 10.0. The van der Waals surface area contributed by atoms with E-state index < -0.39 is 0 Å². The second kappa shape index (κ2) is 4.62. The van der Waals surface area contributed by atoms with Gasteiger partial charge in [-0.3, -0.25) is 0 Å². The lowest BCUT2D eigenvalue weighted by Crippen LogP contribution is -2.26. The molecule has 0 saturated heterocycles. The zero-order valence-electron chi connectivity index (χ0n) is 10.1. The van der Waals surface area contributed by atoms with Gasteiger partial charge in [-0.05, 0) is 54.7 Å². The van der Waals surface area contributed by atoms with Gasteiger partial charge in [0.25, 0.3) is 0 Å². The second-order valence-electron chi connectivity index (χ2n) is 5.69. The predicted octanol–water partition coefficient (Wildman–Crippen LogP) is 3.65. The minimum absolute atomic E-state index is 0.335. The highest BCUT2D eigenvalue weighted by molar-refractivity contribution is 6.30. The van der Waals surface area contributed by atoms with Gasteiger partial charge in [-0.25, -0.2) is 0 Å². The van der Waals surface area contributed by atoms with Gasteiger partial charge in [0.15, 0.2) is 0 Å². The van der Waals surface area contributed by atoms with Crippen LogP contribution in [-0.4, -0.2) is 6.04 Å². The zero-order valence-corrected chi connectivity index (χ0v) is 10.9. The summed E-state index contributed by atoms with van der Waals surface area (Å²) in [4.78, 5) is 0. The first-order chi connectivity index (χ1) is 8.25. The fourth-order valence-corrected chi connectivity index (χ4v) is 3.97. The molecule has 3 atom stereocenters. The molecule has 0 aliphatic heterocycles. The van der Waals surface area contributed by atoms with Crippen molar-refractivity contribution >= 4 is 11.6 Å². The first kappa shape index (κ1) is 11.6. The fraction of sp³-hybridized carbons (Fsp3) is 0.600. The number of hydrogen-bond acceptors (Lipinski definition) is 1. The third-order valence-electron chi connectivity index (χ3n) is 4.58. The summed E-state index contributed by atoms with van der Waals surface area (Å²) >= 11 is 6.00. The molecule has 0 bridgehead atoms. The Kier molecular flexibility index (Phi) is 3.14. The van der Waals surface area contributed by atoms with Crippen LogP contribution in [0.25, 0.3) is 0 Å². The van der Waals surface area contributed by atoms with Crippen molar-refractivity contribution in [2.45, 2.75) is 38.1 Å². The van der Waals surface area contributed by atoms with Crippen molar-refractivity contribution < 1.29 is 0 Å². The van der Waals surface area contributed by atoms with Crippen molar-refractivity contribution in [3.8, 4) is 0 Å². The smallest absolute Gasteiger partial charge is 0.0408 e. The van der Waals surface area contributed by atoms with E-state index >= 15 is 0 Å². The van der Waals surface area contributed by atoms with Crippen LogP contribution in [0.5, 0.6) is 0 Å². The van der Waals surface area contributed by atoms with Crippen LogP contribution >= 0.6 is 11.6 Å². The monoisotopic (exact) mass is 249 g/mol. The first-order valence-corrected chi connectivity index (χ1v) is 7.13. The molecule has 0 heterocycles. The third kappa shape index (κ3) is 2.36. The molecule has 1 nitrogen and oxygen atoms in total. The fourth-order valence-electron chi connectivity index (χ4n) is 3.75. The molecule has 2 fully saturated rings. The lowest BCUT2D eigenvalue weighted by Gasteiger charge is -2.11. The summed E-state index contributed by atoms with van der Waals surface area (Å²) in [6.45, 7) is 0. The van der Waals surface area contributed by atoms with Crippen LogP contribution in [0.1, 0.15) is 31.2 Å². The minimum Gasteiger partial charge on any atom is -0.327 e. The lowest BCUT2D eigenvalue weighted by molar-refractivity contribution is 0.480. The number of halogens is 1. The first-order valence-electron chi connectivity index (χ1n) is 6.76. The summed E-state index contributed by atoms with van der Waals surface area (Å²) < 4.78 is 0. The molecule has 2 heteroatoms. The number of rotatable bonds is 3. The summed E-state index contributed by atoms with van der Waals surface area (Å²) in [7, 11) is 0. The quantitative estimate of drug-likeness (QED) is 0.870. The van der Waals surface area contributed by atoms with E-state index in [0.29, 0.717) is 6.04 Å². The molecule has 0 aromatic heterocycles. The average Bonchev–Trinajstić information content (AvgIpc) is 3.03. The summed E-state index contributed by atoms with van der Waals surface area (Å²) in [5.74, 6) is 2.67. The van der Waals surface area contributed by atoms with E-state index in [1.165, 1.54) is 31.2 Å². The van der Waals surface area contributed by atoms with Crippen molar-refractivity contribution in [3.63, 3.8) is 0 Å². The Morgan fingerprint density at radius 3 is 2.59 bits per heavy atom. The van der Waals surface area contributed by atoms with E-state index in [9.17, 15) is 0 Å². The van der Waals surface area contributed by atoms with Crippen LogP contribution in [0.3, 0.4) is 0 Å². The molecule has 17 heavy (non-hydrogen) atoms. The standard InChI is InChI=1S/C15H20ClN/c16-11-5-3-4-10(8-11)9-14(17)15-12-6-1-2-7-13(12)15/h3-5,8,12-15H,1-2,6-7,9,17H2. The number of benzene rings is 1. The van der Waals surface area contributed by atoms with Crippen molar-refractivity contribution in [2.75, 3.05) is 0 Å². The summed E-state index contributed by atoms with van der Waals surface area (Å²) in [5.41, 5.74) is 7.66. The summed E-state index contributed by atoms with van der Waals surface area (Å²) in [6.07, 6.45) is 6.65. The van der Waals surface area contributed by atoms with Crippen molar-refractivity contribution in [1.82, 2.24) is 0 Å². The zero-order chi connectivity index (χ0) is 11.8. The maximum Gasteiger partial charge on any atom is 0.0408 e. The van der Waals surface area contributed by atoms with E-state index in [1.807, 2.05) is 18.2 Å². The summed E-state index contributed by atoms with van der Waals surface area (Å²) in [5, 5.41) is 0.822. The second-order valence-corrected chi connectivity index (χ2v) is 6.12. The molecule has 2 saturated carbocycles. The Morgan fingerprint density at radius 2 is 1.94 bits per heavy atom. The molecule has 2 aliphatic rings. The largest absolute Gasteiger partial charge is 0.327 e. The molecular weight excluding hydrogens is 230 g/mol.